The molecule has 0 saturated heterocycles. The fourth-order valence-electron chi connectivity index (χ4n) is 3.22. The molecule has 5 nitrogen and oxygen atoms in total. The topological polar surface area (TPSA) is 57.1 Å². The van der Waals surface area contributed by atoms with Crippen LogP contribution in [0.2, 0.25) is 10.0 Å². The molecule has 0 spiro atoms. The molecule has 33 heavy (non-hydrogen) atoms. The lowest BCUT2D eigenvalue weighted by atomic mass is 10.1. The fourth-order valence-corrected chi connectivity index (χ4v) is 4.49. The molecule has 8 heteroatoms. The highest BCUT2D eigenvalue weighted by molar-refractivity contribution is 14.1. The van der Waals surface area contributed by atoms with Gasteiger partial charge in [0.05, 0.1) is 27.9 Å². The van der Waals surface area contributed by atoms with Crippen molar-refractivity contribution in [1.82, 2.24) is 0 Å². The van der Waals surface area contributed by atoms with E-state index in [-0.39, 0.29) is 11.6 Å². The van der Waals surface area contributed by atoms with Crippen LogP contribution in [0.4, 0.5) is 0 Å². The minimum atomic E-state index is -0.562. The lowest BCUT2D eigenvalue weighted by molar-refractivity contribution is -0.129. The molecule has 3 aromatic carbocycles. The van der Waals surface area contributed by atoms with Gasteiger partial charge in [0.2, 0.25) is 5.90 Å². The predicted octanol–water partition coefficient (Wildman–Crippen LogP) is 6.57. The first-order chi connectivity index (χ1) is 15.9. The Hall–Kier alpha value is -2.55. The number of hydrogen-bond acceptors (Lipinski definition) is 5. The molecule has 0 unspecified atom stereocenters. The number of nitrogens with zero attached hydrogens (tertiary/aromatic N) is 1. The van der Waals surface area contributed by atoms with Crippen molar-refractivity contribution in [1.29, 1.82) is 0 Å². The van der Waals surface area contributed by atoms with E-state index in [1.165, 1.54) is 5.56 Å². The number of aliphatic imine (C=N–C) groups is 1. The number of methoxy groups -OCH3 is 1. The molecule has 0 atom stereocenters. The van der Waals surface area contributed by atoms with E-state index < -0.39 is 5.97 Å². The van der Waals surface area contributed by atoms with Crippen LogP contribution in [0.3, 0.4) is 0 Å². The molecule has 4 rings (SSSR count). The van der Waals surface area contributed by atoms with Gasteiger partial charge in [0.25, 0.3) is 0 Å². The average molecular weight is 594 g/mol. The van der Waals surface area contributed by atoms with E-state index in [1.807, 2.05) is 24.3 Å². The van der Waals surface area contributed by atoms with Crippen LogP contribution in [0, 0.1) is 3.57 Å². The van der Waals surface area contributed by atoms with E-state index in [0.29, 0.717) is 33.7 Å². The van der Waals surface area contributed by atoms with Crippen molar-refractivity contribution in [3.05, 3.63) is 96.7 Å². The summed E-state index contributed by atoms with van der Waals surface area (Å²) in [6.07, 6.45) is 2.42. The zero-order valence-corrected chi connectivity index (χ0v) is 21.1. The summed E-state index contributed by atoms with van der Waals surface area (Å²) in [5.41, 5.74) is 2.58. The SMILES string of the molecule is COc1cc(/C=C2\N=C(c3ccc(Cl)cc3Cl)OC2=O)cc(I)c1OCCc1ccccc1. The van der Waals surface area contributed by atoms with Crippen molar-refractivity contribution in [3.8, 4) is 11.5 Å². The van der Waals surface area contributed by atoms with Gasteiger partial charge in [-0.25, -0.2) is 9.79 Å². The van der Waals surface area contributed by atoms with Crippen LogP contribution in [0.15, 0.2) is 71.4 Å². The second-order valence-electron chi connectivity index (χ2n) is 7.08. The normalized spacial score (nSPS) is 14.2. The molecule has 0 aliphatic carbocycles. The summed E-state index contributed by atoms with van der Waals surface area (Å²) in [5, 5.41) is 0.834. The summed E-state index contributed by atoms with van der Waals surface area (Å²) in [5.74, 6) is 0.795. The molecule has 1 aliphatic heterocycles. The molecule has 0 aromatic heterocycles. The van der Waals surface area contributed by atoms with E-state index in [2.05, 4.69) is 39.7 Å². The number of ether oxygens (including phenoxy) is 3. The molecule has 0 saturated carbocycles. The van der Waals surface area contributed by atoms with Crippen LogP contribution in [0.25, 0.3) is 6.08 Å². The lowest BCUT2D eigenvalue weighted by Crippen LogP contribution is -2.06. The third-order valence-electron chi connectivity index (χ3n) is 4.82. The zero-order chi connectivity index (χ0) is 23.4. The molecule has 0 amide bonds. The van der Waals surface area contributed by atoms with E-state index in [4.69, 9.17) is 37.4 Å². The first-order valence-electron chi connectivity index (χ1n) is 9.97. The predicted molar refractivity (Wildman–Crippen MR) is 138 cm³/mol. The Morgan fingerprint density at radius 3 is 2.61 bits per heavy atom. The first-order valence-corrected chi connectivity index (χ1v) is 11.8. The van der Waals surface area contributed by atoms with Crippen molar-refractivity contribution in [2.45, 2.75) is 6.42 Å². The summed E-state index contributed by atoms with van der Waals surface area (Å²) in [4.78, 5) is 16.7. The second kappa shape index (κ2) is 10.6. The van der Waals surface area contributed by atoms with Gasteiger partial charge < -0.3 is 14.2 Å². The first kappa shape index (κ1) is 23.6. The highest BCUT2D eigenvalue weighted by Gasteiger charge is 2.26. The Balaban J connectivity index is 1.55. The van der Waals surface area contributed by atoms with Crippen LogP contribution < -0.4 is 9.47 Å². The van der Waals surface area contributed by atoms with Crippen molar-refractivity contribution >= 4 is 63.7 Å². The van der Waals surface area contributed by atoms with Gasteiger partial charge in [-0.1, -0.05) is 53.5 Å². The third kappa shape index (κ3) is 5.69. The Morgan fingerprint density at radius 2 is 1.88 bits per heavy atom. The van der Waals surface area contributed by atoms with Gasteiger partial charge in [0.15, 0.2) is 17.2 Å². The smallest absolute Gasteiger partial charge is 0.363 e. The Kier molecular flexibility index (Phi) is 7.57. The Labute approximate surface area is 215 Å². The van der Waals surface area contributed by atoms with Gasteiger partial charge in [0, 0.05) is 11.4 Å². The summed E-state index contributed by atoms with van der Waals surface area (Å²) >= 11 is 14.3. The number of benzene rings is 3. The van der Waals surface area contributed by atoms with Crippen LogP contribution >= 0.6 is 45.8 Å². The number of esters is 1. The van der Waals surface area contributed by atoms with Crippen molar-refractivity contribution in [3.63, 3.8) is 0 Å². The number of rotatable bonds is 7. The maximum Gasteiger partial charge on any atom is 0.363 e. The van der Waals surface area contributed by atoms with Gasteiger partial charge in [-0.2, -0.15) is 0 Å². The molecule has 0 bridgehead atoms. The van der Waals surface area contributed by atoms with Gasteiger partial charge in [-0.05, 0) is 70.1 Å². The third-order valence-corrected chi connectivity index (χ3v) is 6.17. The van der Waals surface area contributed by atoms with Crippen LogP contribution in [-0.4, -0.2) is 25.6 Å². The molecule has 1 aliphatic rings. The monoisotopic (exact) mass is 593 g/mol. The van der Waals surface area contributed by atoms with E-state index >= 15 is 0 Å². The van der Waals surface area contributed by atoms with Gasteiger partial charge in [-0.3, -0.25) is 0 Å². The van der Waals surface area contributed by atoms with Crippen LogP contribution in [0.5, 0.6) is 11.5 Å². The van der Waals surface area contributed by atoms with Crippen molar-refractivity contribution in [2.24, 2.45) is 4.99 Å². The average Bonchev–Trinajstić information content (AvgIpc) is 3.15. The fraction of sp³-hybridized carbons (Fsp3) is 0.120. The Bertz CT molecular complexity index is 1260. The molecule has 0 fully saturated rings. The molecule has 0 N–H and O–H groups in total. The van der Waals surface area contributed by atoms with E-state index in [9.17, 15) is 4.79 Å². The van der Waals surface area contributed by atoms with Gasteiger partial charge >= 0.3 is 5.97 Å². The largest absolute Gasteiger partial charge is 0.493 e. The number of cyclic esters (lactones) is 1. The molecule has 3 aromatic rings. The van der Waals surface area contributed by atoms with Crippen LogP contribution in [-0.2, 0) is 16.0 Å². The Morgan fingerprint density at radius 1 is 1.09 bits per heavy atom. The van der Waals surface area contributed by atoms with E-state index in [0.717, 1.165) is 15.6 Å². The van der Waals surface area contributed by atoms with Gasteiger partial charge in [0.1, 0.15) is 0 Å². The van der Waals surface area contributed by atoms with Crippen molar-refractivity contribution < 1.29 is 19.0 Å². The molecular formula is C25H18Cl2INO4. The number of carbonyl (C=O) groups excluding carboxylic acids is 1. The maximum atomic E-state index is 12.4. The molecular weight excluding hydrogens is 576 g/mol. The number of carbonyl (C=O) groups is 1. The second-order valence-corrected chi connectivity index (χ2v) is 9.08. The maximum absolute atomic E-state index is 12.4. The number of hydrogen-bond donors (Lipinski definition) is 0. The minimum absolute atomic E-state index is 0.135. The lowest BCUT2D eigenvalue weighted by Gasteiger charge is -2.13. The summed E-state index contributed by atoms with van der Waals surface area (Å²) in [6.45, 7) is 0.513. The van der Waals surface area contributed by atoms with Gasteiger partial charge in [-0.15, -0.1) is 0 Å². The number of halogens is 3. The minimum Gasteiger partial charge on any atom is -0.493 e. The van der Waals surface area contributed by atoms with E-state index in [1.54, 1.807) is 37.5 Å². The molecule has 1 heterocycles. The standard InChI is InChI=1S/C25H18Cl2INO4/c1-31-22-13-16(11-20(28)23(22)32-10-9-15-5-3-2-4-6-15)12-21-25(30)33-24(29-21)18-8-7-17(26)14-19(18)27/h2-8,11-14H,9-10H2,1H3/b21-12-. The summed E-state index contributed by atoms with van der Waals surface area (Å²) < 4.78 is 17.7. The summed E-state index contributed by atoms with van der Waals surface area (Å²) in [6, 6.07) is 18.7. The van der Waals surface area contributed by atoms with Crippen molar-refractivity contribution in [2.75, 3.05) is 13.7 Å². The highest BCUT2D eigenvalue weighted by Crippen LogP contribution is 2.35. The molecule has 168 valence electrons. The zero-order valence-electron chi connectivity index (χ0n) is 17.5. The molecule has 0 radical (unpaired) electrons. The van der Waals surface area contributed by atoms with Crippen LogP contribution in [0.1, 0.15) is 16.7 Å². The quantitative estimate of drug-likeness (QED) is 0.177. The highest BCUT2D eigenvalue weighted by atomic mass is 127. The summed E-state index contributed by atoms with van der Waals surface area (Å²) in [7, 11) is 1.58.